The number of unbranched alkanes of at least 4 members (excludes halogenated alkanes) is 1. The van der Waals surface area contributed by atoms with Crippen LogP contribution in [0.1, 0.15) is 44.1 Å². The normalized spacial score (nSPS) is 18.4. The van der Waals surface area contributed by atoms with E-state index in [9.17, 15) is 0 Å². The van der Waals surface area contributed by atoms with E-state index in [1.807, 2.05) is 6.07 Å². The van der Waals surface area contributed by atoms with Crippen LogP contribution in [0.4, 0.5) is 0 Å². The zero-order valence-electron chi connectivity index (χ0n) is 11.7. The molecule has 2 unspecified atom stereocenters. The summed E-state index contributed by atoms with van der Waals surface area (Å²) < 4.78 is 5.80. The van der Waals surface area contributed by atoms with Crippen LogP contribution in [0.25, 0.3) is 0 Å². The highest BCUT2D eigenvalue weighted by molar-refractivity contribution is 5.40. The van der Waals surface area contributed by atoms with Crippen LogP contribution in [0.5, 0.6) is 5.75 Å². The highest BCUT2D eigenvalue weighted by Crippen LogP contribution is 2.36. The number of benzene rings is 1. The van der Waals surface area contributed by atoms with Gasteiger partial charge in [0.15, 0.2) is 0 Å². The quantitative estimate of drug-likeness (QED) is 0.597. The second-order valence-electron chi connectivity index (χ2n) is 5.11. The fourth-order valence-corrected chi connectivity index (χ4v) is 2.72. The van der Waals surface area contributed by atoms with Gasteiger partial charge in [-0.2, -0.15) is 0 Å². The first-order valence-corrected chi connectivity index (χ1v) is 7.25. The molecule has 2 heteroatoms. The summed E-state index contributed by atoms with van der Waals surface area (Å²) in [7, 11) is 0. The summed E-state index contributed by atoms with van der Waals surface area (Å²) in [6, 6.07) is 8.85. The van der Waals surface area contributed by atoms with Gasteiger partial charge in [-0.3, -0.25) is 0 Å². The number of hydrogen-bond donors (Lipinski definition) is 1. The van der Waals surface area contributed by atoms with E-state index in [0.717, 1.165) is 44.6 Å². The predicted molar refractivity (Wildman–Crippen MR) is 79.4 cm³/mol. The molecule has 0 aromatic heterocycles. The Morgan fingerprint density at radius 1 is 1.47 bits per heavy atom. The Morgan fingerprint density at radius 2 is 2.32 bits per heavy atom. The molecule has 0 amide bonds. The Morgan fingerprint density at radius 3 is 3.11 bits per heavy atom. The van der Waals surface area contributed by atoms with Crippen LogP contribution in [0, 0.1) is 12.3 Å². The first-order valence-electron chi connectivity index (χ1n) is 7.25. The molecule has 1 aromatic rings. The van der Waals surface area contributed by atoms with Crippen LogP contribution in [0.15, 0.2) is 24.3 Å². The average Bonchev–Trinajstić information content (AvgIpc) is 2.87. The first kappa shape index (κ1) is 14.0. The third kappa shape index (κ3) is 3.52. The number of para-hydroxylation sites is 1. The summed E-state index contributed by atoms with van der Waals surface area (Å²) in [5.74, 6) is 4.24. The van der Waals surface area contributed by atoms with Crippen molar-refractivity contribution in [3.8, 4) is 18.1 Å². The molecule has 2 rings (SSSR count). The van der Waals surface area contributed by atoms with Crippen molar-refractivity contribution < 1.29 is 4.74 Å². The van der Waals surface area contributed by atoms with Gasteiger partial charge in [0.05, 0.1) is 6.61 Å². The fraction of sp³-hybridized carbons (Fsp3) is 0.529. The van der Waals surface area contributed by atoms with Crippen molar-refractivity contribution in [2.45, 2.75) is 44.6 Å². The van der Waals surface area contributed by atoms with Crippen LogP contribution < -0.4 is 10.1 Å². The molecule has 0 saturated carbocycles. The molecular weight excluding hydrogens is 234 g/mol. The molecular formula is C17H23NO. The van der Waals surface area contributed by atoms with Gasteiger partial charge in [-0.25, -0.2) is 0 Å². The van der Waals surface area contributed by atoms with E-state index in [-0.39, 0.29) is 0 Å². The van der Waals surface area contributed by atoms with Crippen molar-refractivity contribution in [1.82, 2.24) is 5.32 Å². The predicted octanol–water partition coefficient (Wildman–Crippen LogP) is 3.33. The highest BCUT2D eigenvalue weighted by Gasteiger charge is 2.30. The molecule has 2 atom stereocenters. The van der Waals surface area contributed by atoms with E-state index in [0.29, 0.717) is 12.0 Å². The molecule has 0 fully saturated rings. The zero-order valence-corrected chi connectivity index (χ0v) is 11.7. The molecule has 0 saturated heterocycles. The van der Waals surface area contributed by atoms with Gasteiger partial charge in [-0.1, -0.05) is 25.1 Å². The second-order valence-corrected chi connectivity index (χ2v) is 5.11. The van der Waals surface area contributed by atoms with Crippen molar-refractivity contribution in [2.75, 3.05) is 13.2 Å². The fourth-order valence-electron chi connectivity index (χ4n) is 2.72. The molecule has 1 aliphatic heterocycles. The van der Waals surface area contributed by atoms with E-state index in [1.165, 1.54) is 5.56 Å². The van der Waals surface area contributed by atoms with E-state index in [4.69, 9.17) is 11.2 Å². The highest BCUT2D eigenvalue weighted by atomic mass is 16.5. The average molecular weight is 257 g/mol. The Labute approximate surface area is 116 Å². The summed E-state index contributed by atoms with van der Waals surface area (Å²) in [5, 5.41) is 3.66. The molecule has 0 aliphatic carbocycles. The van der Waals surface area contributed by atoms with Crippen LogP contribution in [0.3, 0.4) is 0 Å². The third-order valence-electron chi connectivity index (χ3n) is 3.72. The van der Waals surface area contributed by atoms with Crippen molar-refractivity contribution >= 4 is 0 Å². The van der Waals surface area contributed by atoms with Gasteiger partial charge in [0.25, 0.3) is 0 Å². The van der Waals surface area contributed by atoms with Crippen LogP contribution >= 0.6 is 0 Å². The van der Waals surface area contributed by atoms with Gasteiger partial charge in [-0.15, -0.1) is 12.3 Å². The number of terminal acetylenes is 1. The van der Waals surface area contributed by atoms with Gasteiger partial charge in [0.1, 0.15) is 5.75 Å². The molecule has 1 heterocycles. The van der Waals surface area contributed by atoms with Gasteiger partial charge in [0, 0.05) is 23.9 Å². The molecule has 19 heavy (non-hydrogen) atoms. The van der Waals surface area contributed by atoms with E-state index in [2.05, 4.69) is 36.4 Å². The minimum atomic E-state index is 0.459. The molecule has 1 aromatic carbocycles. The van der Waals surface area contributed by atoms with Crippen molar-refractivity contribution in [3.05, 3.63) is 29.8 Å². The molecule has 1 aliphatic rings. The minimum Gasteiger partial charge on any atom is -0.493 e. The Bertz CT molecular complexity index is 435. The maximum absolute atomic E-state index is 5.80. The smallest absolute Gasteiger partial charge is 0.122 e. The topological polar surface area (TPSA) is 21.3 Å². The second kappa shape index (κ2) is 7.21. The standard InChI is InChI=1S/C17H23NO/c1-3-5-6-10-16(18-12-4-2)15-13-19-17-11-8-7-9-14(15)17/h1,7-9,11,15-16,18H,4-6,10,12-13H2,2H3. The van der Waals surface area contributed by atoms with E-state index < -0.39 is 0 Å². The molecule has 0 bridgehead atoms. The minimum absolute atomic E-state index is 0.459. The maximum atomic E-state index is 5.80. The maximum Gasteiger partial charge on any atom is 0.122 e. The summed E-state index contributed by atoms with van der Waals surface area (Å²) in [6.07, 6.45) is 9.56. The van der Waals surface area contributed by atoms with Crippen LogP contribution in [0.2, 0.25) is 0 Å². The first-order chi connectivity index (χ1) is 9.36. The lowest BCUT2D eigenvalue weighted by Crippen LogP contribution is -2.36. The Balaban J connectivity index is 2.04. The van der Waals surface area contributed by atoms with Crippen molar-refractivity contribution in [3.63, 3.8) is 0 Å². The molecule has 2 nitrogen and oxygen atoms in total. The van der Waals surface area contributed by atoms with Gasteiger partial charge in [-0.05, 0) is 31.9 Å². The number of nitrogens with one attached hydrogen (secondary N) is 1. The number of ether oxygens (including phenoxy) is 1. The lowest BCUT2D eigenvalue weighted by Gasteiger charge is -2.24. The molecule has 0 radical (unpaired) electrons. The van der Waals surface area contributed by atoms with Crippen molar-refractivity contribution in [2.24, 2.45) is 0 Å². The lowest BCUT2D eigenvalue weighted by atomic mass is 9.90. The zero-order chi connectivity index (χ0) is 13.5. The SMILES string of the molecule is C#CCCCC(NCCC)C1COc2ccccc21. The van der Waals surface area contributed by atoms with Crippen LogP contribution in [-0.4, -0.2) is 19.2 Å². The Kier molecular flexibility index (Phi) is 5.30. The van der Waals surface area contributed by atoms with Gasteiger partial charge >= 0.3 is 0 Å². The lowest BCUT2D eigenvalue weighted by molar-refractivity contribution is 0.290. The molecule has 0 spiro atoms. The summed E-state index contributed by atoms with van der Waals surface area (Å²) in [6.45, 7) is 4.04. The summed E-state index contributed by atoms with van der Waals surface area (Å²) in [4.78, 5) is 0. The largest absolute Gasteiger partial charge is 0.493 e. The summed E-state index contributed by atoms with van der Waals surface area (Å²) >= 11 is 0. The molecule has 102 valence electrons. The molecule has 1 N–H and O–H groups in total. The number of fused-ring (bicyclic) bond motifs is 1. The number of rotatable bonds is 7. The monoisotopic (exact) mass is 257 g/mol. The van der Waals surface area contributed by atoms with Crippen LogP contribution in [-0.2, 0) is 0 Å². The Hall–Kier alpha value is -1.46. The van der Waals surface area contributed by atoms with Gasteiger partial charge in [0.2, 0.25) is 0 Å². The van der Waals surface area contributed by atoms with E-state index in [1.54, 1.807) is 0 Å². The summed E-state index contributed by atoms with van der Waals surface area (Å²) in [5.41, 5.74) is 1.34. The van der Waals surface area contributed by atoms with Gasteiger partial charge < -0.3 is 10.1 Å². The van der Waals surface area contributed by atoms with E-state index >= 15 is 0 Å². The van der Waals surface area contributed by atoms with Crippen molar-refractivity contribution in [1.29, 1.82) is 0 Å². The number of hydrogen-bond acceptors (Lipinski definition) is 2. The third-order valence-corrected chi connectivity index (χ3v) is 3.72.